The third kappa shape index (κ3) is 4.07. The van der Waals surface area contributed by atoms with Crippen molar-refractivity contribution in [2.45, 2.75) is 32.2 Å². The lowest BCUT2D eigenvalue weighted by atomic mass is 9.99. The van der Waals surface area contributed by atoms with Crippen LogP contribution in [0.5, 0.6) is 0 Å². The Morgan fingerprint density at radius 3 is 2.70 bits per heavy atom. The van der Waals surface area contributed by atoms with Crippen molar-refractivity contribution in [3.05, 3.63) is 59.9 Å². The highest BCUT2D eigenvalue weighted by molar-refractivity contribution is 5.44. The van der Waals surface area contributed by atoms with Gasteiger partial charge in [-0.1, -0.05) is 37.3 Å². The Morgan fingerprint density at radius 1 is 1.20 bits per heavy atom. The van der Waals surface area contributed by atoms with E-state index in [2.05, 4.69) is 47.6 Å². The van der Waals surface area contributed by atoms with Crippen LogP contribution in [0.15, 0.2) is 48.8 Å². The van der Waals surface area contributed by atoms with Crippen LogP contribution in [0.3, 0.4) is 0 Å². The largest absolute Gasteiger partial charge is 0.398 e. The van der Waals surface area contributed by atoms with Crippen LogP contribution in [0.1, 0.15) is 36.9 Å². The molecule has 3 nitrogen and oxygen atoms in total. The number of nitrogens with one attached hydrogen (secondary N) is 1. The molecule has 1 atom stereocenters. The maximum absolute atomic E-state index is 5.99. The summed E-state index contributed by atoms with van der Waals surface area (Å²) >= 11 is 0. The highest BCUT2D eigenvalue weighted by atomic mass is 14.9. The molecule has 3 N–H and O–H groups in total. The Kier molecular flexibility index (Phi) is 5.56. The van der Waals surface area contributed by atoms with Crippen molar-refractivity contribution in [1.29, 1.82) is 0 Å². The van der Waals surface area contributed by atoms with E-state index in [9.17, 15) is 0 Å². The smallest absolute Gasteiger partial charge is 0.0377 e. The fraction of sp³-hybridized carbons (Fsp3) is 0.353. The molecule has 106 valence electrons. The van der Waals surface area contributed by atoms with Crippen LogP contribution >= 0.6 is 0 Å². The summed E-state index contributed by atoms with van der Waals surface area (Å²) in [6.07, 6.45) is 6.72. The third-order valence-corrected chi connectivity index (χ3v) is 3.49. The molecule has 1 unspecified atom stereocenters. The van der Waals surface area contributed by atoms with Gasteiger partial charge in [-0.25, -0.2) is 0 Å². The molecule has 0 saturated heterocycles. The van der Waals surface area contributed by atoms with Crippen molar-refractivity contribution >= 4 is 5.69 Å². The van der Waals surface area contributed by atoms with Gasteiger partial charge in [0.05, 0.1) is 0 Å². The quantitative estimate of drug-likeness (QED) is 0.810. The number of aryl methyl sites for hydroxylation is 1. The lowest BCUT2D eigenvalue weighted by molar-refractivity contribution is 0.499. The molecule has 3 heteroatoms. The van der Waals surface area contributed by atoms with E-state index in [1.54, 1.807) is 6.20 Å². The van der Waals surface area contributed by atoms with Crippen molar-refractivity contribution in [3.63, 3.8) is 0 Å². The number of aromatic nitrogens is 1. The predicted molar refractivity (Wildman–Crippen MR) is 84.4 cm³/mol. The molecule has 0 spiro atoms. The highest BCUT2D eigenvalue weighted by Crippen LogP contribution is 2.21. The lowest BCUT2D eigenvalue weighted by Gasteiger charge is -2.19. The first-order chi connectivity index (χ1) is 9.81. The number of anilines is 1. The molecule has 0 aliphatic heterocycles. The molecule has 0 aliphatic carbocycles. The van der Waals surface area contributed by atoms with Crippen molar-refractivity contribution in [3.8, 4) is 0 Å². The highest BCUT2D eigenvalue weighted by Gasteiger charge is 2.11. The molecule has 0 bridgehead atoms. The van der Waals surface area contributed by atoms with E-state index in [1.807, 2.05) is 12.3 Å². The molecule has 1 aromatic heterocycles. The van der Waals surface area contributed by atoms with Gasteiger partial charge in [0.15, 0.2) is 0 Å². The van der Waals surface area contributed by atoms with Gasteiger partial charge in [-0.15, -0.1) is 0 Å². The number of nitrogens with two attached hydrogens (primary N) is 1. The van der Waals surface area contributed by atoms with Crippen LogP contribution in [-0.4, -0.2) is 11.5 Å². The van der Waals surface area contributed by atoms with Gasteiger partial charge in [-0.3, -0.25) is 4.98 Å². The van der Waals surface area contributed by atoms with E-state index in [4.69, 9.17) is 5.73 Å². The van der Waals surface area contributed by atoms with E-state index < -0.39 is 0 Å². The van der Waals surface area contributed by atoms with Gasteiger partial charge in [-0.2, -0.15) is 0 Å². The first kappa shape index (κ1) is 14.5. The molecule has 0 aliphatic rings. The molecule has 0 saturated carbocycles. The maximum atomic E-state index is 5.99. The Bertz CT molecular complexity index is 511. The number of hydrogen-bond acceptors (Lipinski definition) is 3. The van der Waals surface area contributed by atoms with Crippen molar-refractivity contribution in [2.24, 2.45) is 0 Å². The molecule has 2 rings (SSSR count). The third-order valence-electron chi connectivity index (χ3n) is 3.49. The summed E-state index contributed by atoms with van der Waals surface area (Å²) < 4.78 is 0. The van der Waals surface area contributed by atoms with Crippen LogP contribution in [0, 0.1) is 0 Å². The predicted octanol–water partition coefficient (Wildman–Crippen LogP) is 3.34. The van der Waals surface area contributed by atoms with E-state index in [1.165, 1.54) is 5.56 Å². The fourth-order valence-electron chi connectivity index (χ4n) is 2.34. The summed E-state index contributed by atoms with van der Waals surface area (Å²) in [4.78, 5) is 4.16. The van der Waals surface area contributed by atoms with Crippen LogP contribution < -0.4 is 11.1 Å². The van der Waals surface area contributed by atoms with E-state index >= 15 is 0 Å². The summed E-state index contributed by atoms with van der Waals surface area (Å²) in [7, 11) is 0. The zero-order valence-electron chi connectivity index (χ0n) is 12.0. The minimum absolute atomic E-state index is 0.371. The standard InChI is InChI=1S/C17H23N3/c1-2-11-20-17(14-6-4-3-5-7-14)9-8-15-13-19-12-10-16(15)18/h3-7,10,12-13,17,20H,2,8-9,11H2,1H3,(H2,18,19). The van der Waals surface area contributed by atoms with E-state index in [-0.39, 0.29) is 0 Å². The second-order valence-electron chi connectivity index (χ2n) is 5.03. The van der Waals surface area contributed by atoms with E-state index in [0.29, 0.717) is 6.04 Å². The maximum Gasteiger partial charge on any atom is 0.0377 e. The van der Waals surface area contributed by atoms with Gasteiger partial charge in [0.1, 0.15) is 0 Å². The lowest BCUT2D eigenvalue weighted by Crippen LogP contribution is -2.22. The SMILES string of the molecule is CCCNC(CCc1cnccc1N)c1ccccc1. The van der Waals surface area contributed by atoms with E-state index in [0.717, 1.165) is 37.1 Å². The summed E-state index contributed by atoms with van der Waals surface area (Å²) in [6.45, 7) is 3.22. The molecule has 0 fully saturated rings. The molecule has 0 radical (unpaired) electrons. The second kappa shape index (κ2) is 7.65. The normalized spacial score (nSPS) is 12.2. The fourth-order valence-corrected chi connectivity index (χ4v) is 2.34. The second-order valence-corrected chi connectivity index (χ2v) is 5.03. The molecule has 1 heterocycles. The Labute approximate surface area is 121 Å². The zero-order chi connectivity index (χ0) is 14.2. The van der Waals surface area contributed by atoms with Gasteiger partial charge >= 0.3 is 0 Å². The first-order valence-corrected chi connectivity index (χ1v) is 7.28. The molecule has 1 aromatic carbocycles. The molecule has 2 aromatic rings. The van der Waals surface area contributed by atoms with Gasteiger partial charge < -0.3 is 11.1 Å². The van der Waals surface area contributed by atoms with Crippen LogP contribution in [-0.2, 0) is 6.42 Å². The molecule has 0 amide bonds. The van der Waals surface area contributed by atoms with Gasteiger partial charge in [-0.05, 0) is 43.0 Å². The van der Waals surface area contributed by atoms with Crippen LogP contribution in [0.2, 0.25) is 0 Å². The van der Waals surface area contributed by atoms with Crippen LogP contribution in [0.25, 0.3) is 0 Å². The molecular formula is C17H23N3. The number of nitrogen functional groups attached to an aromatic ring is 1. The number of nitrogens with zero attached hydrogens (tertiary/aromatic N) is 1. The van der Waals surface area contributed by atoms with Crippen LogP contribution in [0.4, 0.5) is 5.69 Å². The zero-order valence-corrected chi connectivity index (χ0v) is 12.0. The number of rotatable bonds is 7. The summed E-state index contributed by atoms with van der Waals surface area (Å²) in [6, 6.07) is 12.8. The van der Waals surface area contributed by atoms with Gasteiger partial charge in [0, 0.05) is 24.1 Å². The van der Waals surface area contributed by atoms with Gasteiger partial charge in [0.25, 0.3) is 0 Å². The Morgan fingerprint density at radius 2 is 2.00 bits per heavy atom. The molecule has 20 heavy (non-hydrogen) atoms. The minimum atomic E-state index is 0.371. The average Bonchev–Trinajstić information content (AvgIpc) is 2.50. The number of hydrogen-bond donors (Lipinski definition) is 2. The number of benzene rings is 1. The van der Waals surface area contributed by atoms with Gasteiger partial charge in [0.2, 0.25) is 0 Å². The summed E-state index contributed by atoms with van der Waals surface area (Å²) in [5, 5.41) is 3.61. The Hall–Kier alpha value is -1.87. The topological polar surface area (TPSA) is 50.9 Å². The average molecular weight is 269 g/mol. The number of pyridine rings is 1. The monoisotopic (exact) mass is 269 g/mol. The van der Waals surface area contributed by atoms with Crippen molar-refractivity contribution < 1.29 is 0 Å². The van der Waals surface area contributed by atoms with Crippen molar-refractivity contribution in [1.82, 2.24) is 10.3 Å². The van der Waals surface area contributed by atoms with Crippen molar-refractivity contribution in [2.75, 3.05) is 12.3 Å². The minimum Gasteiger partial charge on any atom is -0.398 e. The summed E-state index contributed by atoms with van der Waals surface area (Å²) in [5.74, 6) is 0. The summed E-state index contributed by atoms with van der Waals surface area (Å²) in [5.41, 5.74) is 9.29. The first-order valence-electron chi connectivity index (χ1n) is 7.28. The Balaban J connectivity index is 2.03. The molecular weight excluding hydrogens is 246 g/mol.